The fourth-order valence-electron chi connectivity index (χ4n) is 1.89. The van der Waals surface area contributed by atoms with Crippen molar-refractivity contribution in [3.63, 3.8) is 0 Å². The van der Waals surface area contributed by atoms with Crippen LogP contribution in [-0.4, -0.2) is 17.6 Å². The predicted octanol–water partition coefficient (Wildman–Crippen LogP) is 4.11. The monoisotopic (exact) mass is 343 g/mol. The van der Waals surface area contributed by atoms with Gasteiger partial charge in [-0.3, -0.25) is 4.79 Å². The zero-order chi connectivity index (χ0) is 15.4. The molecule has 2 rings (SSSR count). The molecule has 110 valence electrons. The van der Waals surface area contributed by atoms with Crippen LogP contribution < -0.4 is 5.32 Å². The Labute approximate surface area is 137 Å². The Balaban J connectivity index is 2.27. The number of halogens is 3. The zero-order valence-electron chi connectivity index (χ0n) is 10.8. The van der Waals surface area contributed by atoms with Gasteiger partial charge in [-0.1, -0.05) is 65.1 Å². The first-order chi connectivity index (χ1) is 10.0. The molecule has 0 aliphatic rings. The lowest BCUT2D eigenvalue weighted by atomic mass is 10.1. The minimum Gasteiger partial charge on any atom is -0.394 e. The predicted molar refractivity (Wildman–Crippen MR) is 85.2 cm³/mol. The van der Waals surface area contributed by atoms with E-state index in [1.54, 1.807) is 0 Å². The van der Waals surface area contributed by atoms with Gasteiger partial charge in [0.05, 0.1) is 33.3 Å². The standard InChI is InChI=1S/C15H12Cl3NO2/c16-10-6-7-11(17)14(18)13(10)15(21)19-12(8-20)9-4-2-1-3-5-9/h1-7,12,20H,8H2,(H,19,21)/t12-/m1/s1. The van der Waals surface area contributed by atoms with Crippen LogP contribution in [0.1, 0.15) is 22.0 Å². The summed E-state index contributed by atoms with van der Waals surface area (Å²) in [4.78, 5) is 12.3. The van der Waals surface area contributed by atoms with E-state index in [1.165, 1.54) is 12.1 Å². The van der Waals surface area contributed by atoms with E-state index in [9.17, 15) is 9.90 Å². The highest BCUT2D eigenvalue weighted by atomic mass is 35.5. The van der Waals surface area contributed by atoms with Crippen molar-refractivity contribution in [3.05, 3.63) is 68.7 Å². The number of hydrogen-bond acceptors (Lipinski definition) is 2. The normalized spacial score (nSPS) is 12.0. The molecule has 21 heavy (non-hydrogen) atoms. The molecule has 0 saturated heterocycles. The molecule has 0 aromatic heterocycles. The van der Waals surface area contributed by atoms with Gasteiger partial charge in [0.1, 0.15) is 0 Å². The summed E-state index contributed by atoms with van der Waals surface area (Å²) < 4.78 is 0. The van der Waals surface area contributed by atoms with Crippen molar-refractivity contribution in [2.75, 3.05) is 6.61 Å². The molecule has 0 aliphatic carbocycles. The molecule has 1 atom stereocenters. The molecule has 0 unspecified atom stereocenters. The largest absolute Gasteiger partial charge is 0.394 e. The quantitative estimate of drug-likeness (QED) is 0.820. The van der Waals surface area contributed by atoms with E-state index in [0.29, 0.717) is 0 Å². The third-order valence-corrected chi connectivity index (χ3v) is 4.08. The van der Waals surface area contributed by atoms with Gasteiger partial charge in [-0.15, -0.1) is 0 Å². The Bertz CT molecular complexity index is 647. The van der Waals surface area contributed by atoms with E-state index in [-0.39, 0.29) is 27.2 Å². The number of aliphatic hydroxyl groups is 1. The highest BCUT2D eigenvalue weighted by Gasteiger charge is 2.20. The molecular weight excluding hydrogens is 333 g/mol. The van der Waals surface area contributed by atoms with Crippen LogP contribution in [0, 0.1) is 0 Å². The van der Waals surface area contributed by atoms with Crippen LogP contribution in [0.15, 0.2) is 42.5 Å². The lowest BCUT2D eigenvalue weighted by Gasteiger charge is -2.18. The average Bonchev–Trinajstić information content (AvgIpc) is 2.50. The second-order valence-corrected chi connectivity index (χ2v) is 5.53. The summed E-state index contributed by atoms with van der Waals surface area (Å²) in [7, 11) is 0. The molecule has 1 amide bonds. The van der Waals surface area contributed by atoms with E-state index in [4.69, 9.17) is 34.8 Å². The molecule has 0 saturated carbocycles. The summed E-state index contributed by atoms with van der Waals surface area (Å²) in [6.07, 6.45) is 0. The molecule has 3 nitrogen and oxygen atoms in total. The lowest BCUT2D eigenvalue weighted by molar-refractivity contribution is 0.0916. The number of rotatable bonds is 4. The fourth-order valence-corrected chi connectivity index (χ4v) is 2.59. The Morgan fingerprint density at radius 3 is 2.29 bits per heavy atom. The van der Waals surface area contributed by atoms with Crippen LogP contribution >= 0.6 is 34.8 Å². The van der Waals surface area contributed by atoms with E-state index in [1.807, 2.05) is 30.3 Å². The summed E-state index contributed by atoms with van der Waals surface area (Å²) >= 11 is 17.9. The molecule has 2 aromatic carbocycles. The topological polar surface area (TPSA) is 49.3 Å². The summed E-state index contributed by atoms with van der Waals surface area (Å²) in [6.45, 7) is -0.244. The number of amides is 1. The fraction of sp³-hybridized carbons (Fsp3) is 0.133. The summed E-state index contributed by atoms with van der Waals surface area (Å²) in [5, 5.41) is 12.7. The molecule has 2 aromatic rings. The third kappa shape index (κ3) is 3.69. The maximum atomic E-state index is 12.3. The molecule has 0 heterocycles. The Morgan fingerprint density at radius 2 is 1.67 bits per heavy atom. The van der Waals surface area contributed by atoms with Gasteiger partial charge in [-0.2, -0.15) is 0 Å². The van der Waals surface area contributed by atoms with E-state index in [0.717, 1.165) is 5.56 Å². The smallest absolute Gasteiger partial charge is 0.254 e. The molecule has 6 heteroatoms. The Kier molecular flexibility index (Phi) is 5.48. The van der Waals surface area contributed by atoms with Crippen molar-refractivity contribution in [2.24, 2.45) is 0 Å². The first kappa shape index (κ1) is 16.1. The van der Waals surface area contributed by atoms with Crippen molar-refractivity contribution in [1.29, 1.82) is 0 Å². The summed E-state index contributed by atoms with van der Waals surface area (Å²) in [5.74, 6) is -0.490. The van der Waals surface area contributed by atoms with Crippen LogP contribution in [0.3, 0.4) is 0 Å². The van der Waals surface area contributed by atoms with Crippen LogP contribution in [0.4, 0.5) is 0 Å². The SMILES string of the molecule is O=C(N[C@H](CO)c1ccccc1)c1c(Cl)ccc(Cl)c1Cl. The number of nitrogens with one attached hydrogen (secondary N) is 1. The summed E-state index contributed by atoms with van der Waals surface area (Å²) in [6, 6.07) is 11.6. The van der Waals surface area contributed by atoms with Gasteiger partial charge in [-0.25, -0.2) is 0 Å². The first-order valence-corrected chi connectivity index (χ1v) is 7.28. The Hall–Kier alpha value is -1.26. The van der Waals surface area contributed by atoms with Gasteiger partial charge in [0.15, 0.2) is 0 Å². The van der Waals surface area contributed by atoms with Gasteiger partial charge >= 0.3 is 0 Å². The van der Waals surface area contributed by atoms with Crippen molar-refractivity contribution in [1.82, 2.24) is 5.32 Å². The minimum atomic E-state index is -0.551. The second kappa shape index (κ2) is 7.14. The summed E-state index contributed by atoms with van der Waals surface area (Å²) in [5.41, 5.74) is 0.878. The van der Waals surface area contributed by atoms with Crippen molar-refractivity contribution >= 4 is 40.7 Å². The molecule has 0 bridgehead atoms. The van der Waals surface area contributed by atoms with Crippen LogP contribution in [0.5, 0.6) is 0 Å². The lowest BCUT2D eigenvalue weighted by Crippen LogP contribution is -2.31. The number of hydrogen-bond donors (Lipinski definition) is 2. The molecule has 2 N–H and O–H groups in total. The number of benzene rings is 2. The van der Waals surface area contributed by atoms with Gasteiger partial charge in [0.2, 0.25) is 0 Å². The van der Waals surface area contributed by atoms with Gasteiger partial charge < -0.3 is 10.4 Å². The van der Waals surface area contributed by atoms with Crippen molar-refractivity contribution in [3.8, 4) is 0 Å². The van der Waals surface area contributed by atoms with E-state index < -0.39 is 11.9 Å². The van der Waals surface area contributed by atoms with Gasteiger partial charge in [0, 0.05) is 0 Å². The van der Waals surface area contributed by atoms with Crippen LogP contribution in [0.25, 0.3) is 0 Å². The third-order valence-electron chi connectivity index (χ3n) is 2.96. The molecule has 0 radical (unpaired) electrons. The van der Waals surface area contributed by atoms with E-state index in [2.05, 4.69) is 5.32 Å². The van der Waals surface area contributed by atoms with Crippen molar-refractivity contribution in [2.45, 2.75) is 6.04 Å². The molecule has 0 spiro atoms. The highest BCUT2D eigenvalue weighted by Crippen LogP contribution is 2.31. The maximum Gasteiger partial charge on any atom is 0.254 e. The maximum absolute atomic E-state index is 12.3. The minimum absolute atomic E-state index is 0.0893. The molecule has 0 fully saturated rings. The Morgan fingerprint density at radius 1 is 1.05 bits per heavy atom. The zero-order valence-corrected chi connectivity index (χ0v) is 13.1. The van der Waals surface area contributed by atoms with E-state index >= 15 is 0 Å². The number of carbonyl (C=O) groups is 1. The first-order valence-electron chi connectivity index (χ1n) is 6.14. The van der Waals surface area contributed by atoms with Gasteiger partial charge in [-0.05, 0) is 17.7 Å². The molecule has 0 aliphatic heterocycles. The second-order valence-electron chi connectivity index (χ2n) is 4.34. The van der Waals surface area contributed by atoms with Gasteiger partial charge in [0.25, 0.3) is 5.91 Å². The van der Waals surface area contributed by atoms with Crippen LogP contribution in [0.2, 0.25) is 15.1 Å². The number of aliphatic hydroxyl groups excluding tert-OH is 1. The molecular formula is C15H12Cl3NO2. The highest BCUT2D eigenvalue weighted by molar-refractivity contribution is 6.46. The average molecular weight is 345 g/mol. The number of carbonyl (C=O) groups excluding carboxylic acids is 1. The van der Waals surface area contributed by atoms with Crippen molar-refractivity contribution < 1.29 is 9.90 Å². The van der Waals surface area contributed by atoms with Crippen LogP contribution in [-0.2, 0) is 0 Å².